The summed E-state index contributed by atoms with van der Waals surface area (Å²) in [6.45, 7) is -0.814. The summed E-state index contributed by atoms with van der Waals surface area (Å²) in [5.74, 6) is -0.401. The third-order valence-corrected chi connectivity index (χ3v) is 8.03. The maximum absolute atomic E-state index is 13.5. The molecule has 13 heteroatoms. The van der Waals surface area contributed by atoms with Crippen LogP contribution in [0, 0.1) is 0 Å². The van der Waals surface area contributed by atoms with E-state index in [0.29, 0.717) is 22.0 Å². The van der Waals surface area contributed by atoms with Gasteiger partial charge in [-0.25, -0.2) is 13.8 Å². The van der Waals surface area contributed by atoms with Gasteiger partial charge >= 0.3 is 0 Å². The summed E-state index contributed by atoms with van der Waals surface area (Å²) >= 11 is 12.1. The van der Waals surface area contributed by atoms with Crippen molar-refractivity contribution in [3.63, 3.8) is 0 Å². The molecular formula is C30H26Cl2N4O6S. The second-order valence-corrected chi connectivity index (χ2v) is 11.6. The first kappa shape index (κ1) is 31.4. The van der Waals surface area contributed by atoms with E-state index in [9.17, 15) is 18.0 Å². The highest BCUT2D eigenvalue weighted by molar-refractivity contribution is 7.92. The molecule has 0 saturated heterocycles. The fourth-order valence-electron chi connectivity index (χ4n) is 3.78. The first-order chi connectivity index (χ1) is 20.7. The number of halogens is 2. The Hall–Kier alpha value is -4.58. The van der Waals surface area contributed by atoms with Crippen LogP contribution < -0.4 is 24.5 Å². The maximum atomic E-state index is 13.5. The number of sulfonamides is 1. The molecule has 2 N–H and O–H groups in total. The van der Waals surface area contributed by atoms with E-state index in [4.69, 9.17) is 32.7 Å². The second-order valence-electron chi connectivity index (χ2n) is 8.85. The molecule has 0 spiro atoms. The Labute approximate surface area is 258 Å². The Balaban J connectivity index is 1.38. The van der Waals surface area contributed by atoms with Crippen molar-refractivity contribution in [2.24, 2.45) is 5.10 Å². The molecular weight excluding hydrogens is 615 g/mol. The molecule has 0 saturated carbocycles. The molecule has 43 heavy (non-hydrogen) atoms. The minimum Gasteiger partial charge on any atom is -0.495 e. The van der Waals surface area contributed by atoms with Crippen LogP contribution in [0.5, 0.6) is 11.5 Å². The zero-order chi connectivity index (χ0) is 30.8. The Morgan fingerprint density at radius 1 is 0.884 bits per heavy atom. The highest BCUT2D eigenvalue weighted by atomic mass is 35.5. The third kappa shape index (κ3) is 8.71. The van der Waals surface area contributed by atoms with E-state index in [1.165, 1.54) is 37.6 Å². The Morgan fingerprint density at radius 3 is 2.30 bits per heavy atom. The average molecular weight is 642 g/mol. The molecule has 10 nitrogen and oxygen atoms in total. The summed E-state index contributed by atoms with van der Waals surface area (Å²) in [5, 5.41) is 7.40. The number of carbonyl (C=O) groups is 2. The molecule has 4 aromatic rings. The van der Waals surface area contributed by atoms with Gasteiger partial charge in [0.2, 0.25) is 0 Å². The summed E-state index contributed by atoms with van der Waals surface area (Å²) in [4.78, 5) is 25.0. The molecule has 2 amide bonds. The largest absolute Gasteiger partial charge is 0.495 e. The van der Waals surface area contributed by atoms with E-state index >= 15 is 0 Å². The number of hydrazone groups is 1. The van der Waals surface area contributed by atoms with Crippen molar-refractivity contribution in [3.05, 3.63) is 113 Å². The van der Waals surface area contributed by atoms with Crippen LogP contribution in [0.1, 0.15) is 5.56 Å². The highest BCUT2D eigenvalue weighted by Crippen LogP contribution is 2.34. The molecule has 4 aromatic carbocycles. The van der Waals surface area contributed by atoms with Gasteiger partial charge in [-0.2, -0.15) is 5.10 Å². The molecule has 0 aliphatic rings. The van der Waals surface area contributed by atoms with Crippen LogP contribution in [0.3, 0.4) is 0 Å². The van der Waals surface area contributed by atoms with Gasteiger partial charge in [-0.15, -0.1) is 0 Å². The molecule has 0 aliphatic carbocycles. The molecule has 0 bridgehead atoms. The summed E-state index contributed by atoms with van der Waals surface area (Å²) in [6.07, 6.45) is 1.38. The summed E-state index contributed by atoms with van der Waals surface area (Å²) in [7, 11) is -2.79. The molecule has 0 fully saturated rings. The molecule has 0 aromatic heterocycles. The Morgan fingerprint density at radius 2 is 1.60 bits per heavy atom. The zero-order valence-electron chi connectivity index (χ0n) is 22.7. The number of hydrogen-bond acceptors (Lipinski definition) is 7. The lowest BCUT2D eigenvalue weighted by atomic mass is 10.2. The minimum absolute atomic E-state index is 0.0161. The number of amides is 2. The number of ether oxygens (including phenoxy) is 2. The van der Waals surface area contributed by atoms with Crippen molar-refractivity contribution in [2.75, 3.05) is 29.9 Å². The number of methoxy groups -OCH3 is 1. The number of benzene rings is 4. The fourth-order valence-corrected chi connectivity index (χ4v) is 5.59. The first-order valence-corrected chi connectivity index (χ1v) is 14.9. The van der Waals surface area contributed by atoms with Gasteiger partial charge in [0.15, 0.2) is 6.61 Å². The van der Waals surface area contributed by atoms with Crippen molar-refractivity contribution in [1.82, 2.24) is 5.43 Å². The zero-order valence-corrected chi connectivity index (χ0v) is 25.1. The fraction of sp³-hybridized carbons (Fsp3) is 0.100. The molecule has 0 radical (unpaired) electrons. The SMILES string of the molecule is COc1ccc(Cl)cc1N(CC(=O)N/N=C\c1ccc(OCC(=O)Nc2cccc(Cl)c2)cc1)S(=O)(=O)c1ccccc1. The van der Waals surface area contributed by atoms with Crippen molar-refractivity contribution in [2.45, 2.75) is 4.90 Å². The van der Waals surface area contributed by atoms with E-state index in [1.807, 2.05) is 0 Å². The van der Waals surface area contributed by atoms with Gasteiger partial charge < -0.3 is 14.8 Å². The Bertz CT molecular complexity index is 1720. The lowest BCUT2D eigenvalue weighted by Crippen LogP contribution is -2.39. The van der Waals surface area contributed by atoms with Crippen molar-refractivity contribution >= 4 is 62.6 Å². The number of anilines is 2. The van der Waals surface area contributed by atoms with Crippen LogP contribution in [-0.4, -0.2) is 46.7 Å². The number of hydrogen-bond donors (Lipinski definition) is 2. The van der Waals surface area contributed by atoms with Crippen LogP contribution in [0.4, 0.5) is 11.4 Å². The molecule has 4 rings (SSSR count). The van der Waals surface area contributed by atoms with E-state index in [2.05, 4.69) is 15.8 Å². The molecule has 0 unspecified atom stereocenters. The smallest absolute Gasteiger partial charge is 0.264 e. The molecule has 0 atom stereocenters. The molecule has 0 heterocycles. The van der Waals surface area contributed by atoms with Crippen molar-refractivity contribution in [3.8, 4) is 11.5 Å². The van der Waals surface area contributed by atoms with Gasteiger partial charge in [-0.3, -0.25) is 13.9 Å². The second kappa shape index (κ2) is 14.5. The number of carbonyl (C=O) groups excluding carboxylic acids is 2. The van der Waals surface area contributed by atoms with Crippen molar-refractivity contribution in [1.29, 1.82) is 0 Å². The number of rotatable bonds is 12. The third-order valence-electron chi connectivity index (χ3n) is 5.79. The molecule has 222 valence electrons. The van der Waals surface area contributed by atoms with Gasteiger partial charge in [0.05, 0.1) is 23.9 Å². The lowest BCUT2D eigenvalue weighted by molar-refractivity contribution is -0.119. The topological polar surface area (TPSA) is 126 Å². The van der Waals surface area contributed by atoms with Crippen LogP contribution in [0.25, 0.3) is 0 Å². The standard InChI is InChI=1S/C30H26Cl2N4O6S/c1-41-28-15-12-23(32)17-27(28)36(43(39,40)26-8-3-2-4-9-26)19-29(37)35-33-18-21-10-13-25(14-11-21)42-20-30(38)34-24-7-5-6-22(31)16-24/h2-18H,19-20H2,1H3,(H,34,38)(H,35,37)/b33-18-. The van der Waals surface area contributed by atoms with E-state index in [1.54, 1.807) is 72.8 Å². The van der Waals surface area contributed by atoms with Gasteiger partial charge in [-0.05, 0) is 78.4 Å². The van der Waals surface area contributed by atoms with E-state index in [-0.39, 0.29) is 33.9 Å². The summed E-state index contributed by atoms with van der Waals surface area (Å²) in [6, 6.07) is 25.5. The lowest BCUT2D eigenvalue weighted by Gasteiger charge is -2.25. The van der Waals surface area contributed by atoms with Gasteiger partial charge in [-0.1, -0.05) is 47.5 Å². The predicted molar refractivity (Wildman–Crippen MR) is 167 cm³/mol. The van der Waals surface area contributed by atoms with Crippen LogP contribution in [0.2, 0.25) is 10.0 Å². The van der Waals surface area contributed by atoms with Gasteiger partial charge in [0.1, 0.15) is 18.0 Å². The average Bonchev–Trinajstić information content (AvgIpc) is 3.00. The number of nitrogens with one attached hydrogen (secondary N) is 2. The highest BCUT2D eigenvalue weighted by Gasteiger charge is 2.29. The normalized spacial score (nSPS) is 11.1. The first-order valence-electron chi connectivity index (χ1n) is 12.7. The predicted octanol–water partition coefficient (Wildman–Crippen LogP) is 5.37. The van der Waals surface area contributed by atoms with E-state index in [0.717, 1.165) is 4.31 Å². The summed E-state index contributed by atoms with van der Waals surface area (Å²) < 4.78 is 38.8. The number of nitrogens with zero attached hydrogens (tertiary/aromatic N) is 2. The maximum Gasteiger partial charge on any atom is 0.264 e. The van der Waals surface area contributed by atoms with E-state index < -0.39 is 22.5 Å². The van der Waals surface area contributed by atoms with Crippen LogP contribution >= 0.6 is 23.2 Å². The molecule has 0 aliphatic heterocycles. The van der Waals surface area contributed by atoms with Crippen LogP contribution in [-0.2, 0) is 19.6 Å². The summed E-state index contributed by atoms with van der Waals surface area (Å²) in [5.41, 5.74) is 3.61. The minimum atomic E-state index is -4.18. The van der Waals surface area contributed by atoms with Gasteiger partial charge in [0.25, 0.3) is 21.8 Å². The Kier molecular flexibility index (Phi) is 10.6. The van der Waals surface area contributed by atoms with Crippen LogP contribution in [0.15, 0.2) is 107 Å². The van der Waals surface area contributed by atoms with Crippen molar-refractivity contribution < 1.29 is 27.5 Å². The quantitative estimate of drug-likeness (QED) is 0.158. The van der Waals surface area contributed by atoms with Gasteiger partial charge in [0, 0.05) is 15.7 Å². The monoisotopic (exact) mass is 640 g/mol.